The smallest absolute Gasteiger partial charge is 0.330 e. The minimum atomic E-state index is -2.82. The predicted octanol–water partition coefficient (Wildman–Crippen LogP) is 7.96. The Morgan fingerprint density at radius 2 is 1.42 bits per heavy atom. The first-order chi connectivity index (χ1) is 15.6. The molecule has 0 saturated heterocycles. The Morgan fingerprint density at radius 1 is 0.909 bits per heavy atom. The second-order valence-corrected chi connectivity index (χ2v) is 11.4. The summed E-state index contributed by atoms with van der Waals surface area (Å²) in [4.78, 5) is 0. The van der Waals surface area contributed by atoms with E-state index in [1.165, 1.54) is 27.1 Å². The van der Waals surface area contributed by atoms with Gasteiger partial charge < -0.3 is 18.5 Å². The molecule has 0 aromatic carbocycles. The molecule has 0 heterocycles. The van der Waals surface area contributed by atoms with Gasteiger partial charge in [0.05, 0.1) is 31.4 Å². The number of hydrogen-bond donors (Lipinski definition) is 0. The third-order valence-corrected chi connectivity index (χ3v) is 8.00. The lowest BCUT2D eigenvalue weighted by molar-refractivity contribution is 0.0588. The Labute approximate surface area is 206 Å². The van der Waals surface area contributed by atoms with Gasteiger partial charge in [-0.1, -0.05) is 61.3 Å². The van der Waals surface area contributed by atoms with E-state index in [-0.39, 0.29) is 0 Å². The zero-order valence-electron chi connectivity index (χ0n) is 23.7. The van der Waals surface area contributed by atoms with E-state index in [9.17, 15) is 4.57 Å². The van der Waals surface area contributed by atoms with Crippen LogP contribution in [0.25, 0.3) is 0 Å². The largest absolute Gasteiger partial charge is 0.384 e. The predicted molar refractivity (Wildman–Crippen MR) is 141 cm³/mol. The Morgan fingerprint density at radius 3 is 1.73 bits per heavy atom. The first-order valence-electron chi connectivity index (χ1n) is 12.7. The first-order valence-corrected chi connectivity index (χ1v) is 14.4. The molecule has 1 unspecified atom stereocenters. The van der Waals surface area contributed by atoms with Gasteiger partial charge in [-0.05, 0) is 49.4 Å². The number of rotatable bonds is 11. The molecule has 1 aliphatic carbocycles. The number of nitrogens with zero attached hydrogens (tertiary/aromatic N) is 1. The highest BCUT2D eigenvalue weighted by Crippen LogP contribution is 2.50. The number of nitriles is 1. The van der Waals surface area contributed by atoms with Crippen molar-refractivity contribution in [2.24, 2.45) is 23.7 Å². The van der Waals surface area contributed by atoms with Crippen molar-refractivity contribution in [3.63, 3.8) is 0 Å². The van der Waals surface area contributed by atoms with Crippen molar-refractivity contribution in [2.45, 2.75) is 99.5 Å². The molecule has 200 valence electrons. The molecule has 1 saturated carbocycles. The molecule has 0 aliphatic heterocycles. The molecule has 1 atom stereocenters. The van der Waals surface area contributed by atoms with Crippen LogP contribution in [0.3, 0.4) is 0 Å². The average molecular weight is 494 g/mol. The summed E-state index contributed by atoms with van der Waals surface area (Å²) in [5.74, 6) is 3.09. The van der Waals surface area contributed by atoms with Gasteiger partial charge in [-0.15, -0.1) is 0 Å². The van der Waals surface area contributed by atoms with Crippen molar-refractivity contribution < 1.29 is 23.1 Å². The van der Waals surface area contributed by atoms with Crippen LogP contribution in [-0.2, 0) is 23.1 Å². The van der Waals surface area contributed by atoms with Crippen LogP contribution in [-0.4, -0.2) is 47.3 Å². The normalized spacial score (nSPS) is 18.7. The molecule has 0 spiro atoms. The lowest BCUT2D eigenvalue weighted by atomic mass is 9.89. The third kappa shape index (κ3) is 23.1. The summed E-state index contributed by atoms with van der Waals surface area (Å²) in [6.07, 6.45) is 8.40. The molecule has 33 heavy (non-hydrogen) atoms. The van der Waals surface area contributed by atoms with Gasteiger partial charge in [-0.3, -0.25) is 4.57 Å². The molecule has 0 bridgehead atoms. The number of ether oxygens (including phenoxy) is 2. The lowest BCUT2D eigenvalue weighted by Gasteiger charge is -2.28. The van der Waals surface area contributed by atoms with Gasteiger partial charge in [0.25, 0.3) is 0 Å². The van der Waals surface area contributed by atoms with Crippen LogP contribution in [0.2, 0.25) is 0 Å². The van der Waals surface area contributed by atoms with Crippen molar-refractivity contribution in [1.82, 2.24) is 0 Å². The molecule has 0 radical (unpaired) electrons. The van der Waals surface area contributed by atoms with Gasteiger partial charge >= 0.3 is 7.60 Å². The minimum Gasteiger partial charge on any atom is -0.384 e. The summed E-state index contributed by atoms with van der Waals surface area (Å²) in [5.41, 5.74) is 0. The van der Waals surface area contributed by atoms with Crippen LogP contribution in [0.4, 0.5) is 0 Å². The van der Waals surface area contributed by atoms with Gasteiger partial charge in [0, 0.05) is 28.4 Å². The Hall–Kier alpha value is -0.440. The fourth-order valence-corrected chi connectivity index (χ4v) is 4.61. The number of methoxy groups -OCH3 is 2. The maximum Gasteiger partial charge on any atom is 0.330 e. The van der Waals surface area contributed by atoms with Crippen molar-refractivity contribution in [3.05, 3.63) is 0 Å². The maximum absolute atomic E-state index is 11.9. The van der Waals surface area contributed by atoms with Gasteiger partial charge in [0.2, 0.25) is 0 Å². The molecular weight excluding hydrogens is 437 g/mol. The molecule has 0 aromatic rings. The van der Waals surface area contributed by atoms with E-state index in [4.69, 9.17) is 19.0 Å². The van der Waals surface area contributed by atoms with Gasteiger partial charge in [-0.25, -0.2) is 0 Å². The van der Waals surface area contributed by atoms with Crippen molar-refractivity contribution >= 4 is 7.60 Å². The summed E-state index contributed by atoms with van der Waals surface area (Å²) in [6.45, 7) is 16.1. The SMILES string of the molecule is CC.CC(C)CCC(C)C(C)C.COC1CCC(CP(=O)(OC)OC)CC1.COCCC#N. The van der Waals surface area contributed by atoms with Crippen LogP contribution >= 0.6 is 7.60 Å². The fourth-order valence-electron chi connectivity index (χ4n) is 3.17. The van der Waals surface area contributed by atoms with Crippen LogP contribution in [0.15, 0.2) is 0 Å². The Kier molecular flexibility index (Phi) is 27.8. The Bertz CT molecular complexity index is 478. The lowest BCUT2D eigenvalue weighted by Crippen LogP contribution is -2.22. The van der Waals surface area contributed by atoms with Crippen molar-refractivity contribution in [3.8, 4) is 6.07 Å². The van der Waals surface area contributed by atoms with Crippen molar-refractivity contribution in [2.75, 3.05) is 41.2 Å². The molecule has 0 aromatic heterocycles. The van der Waals surface area contributed by atoms with Crippen LogP contribution in [0.5, 0.6) is 0 Å². The second kappa shape index (κ2) is 24.7. The van der Waals surface area contributed by atoms with E-state index in [0.717, 1.165) is 43.4 Å². The molecule has 7 heteroatoms. The summed E-state index contributed by atoms with van der Waals surface area (Å²) in [6, 6.07) is 1.94. The summed E-state index contributed by atoms with van der Waals surface area (Å²) in [7, 11) is 3.41. The summed E-state index contributed by atoms with van der Waals surface area (Å²) in [5, 5.41) is 7.87. The van der Waals surface area contributed by atoms with Gasteiger partial charge in [0.15, 0.2) is 0 Å². The molecular formula is C26H56NO5P. The number of hydrogen-bond acceptors (Lipinski definition) is 6. The van der Waals surface area contributed by atoms with Crippen LogP contribution in [0, 0.1) is 35.0 Å². The Balaban J connectivity index is -0.000000433. The van der Waals surface area contributed by atoms with E-state index < -0.39 is 7.60 Å². The van der Waals surface area contributed by atoms with Crippen LogP contribution in [0.1, 0.15) is 93.4 Å². The van der Waals surface area contributed by atoms with Gasteiger partial charge in [0.1, 0.15) is 0 Å². The zero-order chi connectivity index (χ0) is 26.3. The van der Waals surface area contributed by atoms with E-state index in [1.54, 1.807) is 14.2 Å². The van der Waals surface area contributed by atoms with Gasteiger partial charge in [-0.2, -0.15) is 5.26 Å². The standard InChI is InChI=1S/C10H21O4P.C10H22.C4H7NO.C2H6/c1-12-10-6-4-9(5-7-10)8-15(11,13-2)14-3;1-8(2)6-7-10(5)9(3)4;1-6-4-2-3-5;1-2/h9-10H,4-8H2,1-3H3;8-10H,6-7H2,1-5H3;2,4H2,1H3;1-2H3. The monoisotopic (exact) mass is 493 g/mol. The highest BCUT2D eigenvalue weighted by Gasteiger charge is 2.29. The quantitative estimate of drug-likeness (QED) is 0.214. The highest BCUT2D eigenvalue weighted by molar-refractivity contribution is 7.53. The minimum absolute atomic E-state index is 0.380. The van der Waals surface area contributed by atoms with E-state index in [2.05, 4.69) is 39.4 Å². The highest BCUT2D eigenvalue weighted by atomic mass is 31.2. The average Bonchev–Trinajstić information content (AvgIpc) is 2.83. The first kappa shape index (κ1) is 37.1. The molecule has 1 aliphatic rings. The van der Waals surface area contributed by atoms with E-state index in [1.807, 2.05) is 19.9 Å². The summed E-state index contributed by atoms with van der Waals surface area (Å²) < 4.78 is 31.6. The zero-order valence-corrected chi connectivity index (χ0v) is 24.6. The summed E-state index contributed by atoms with van der Waals surface area (Å²) >= 11 is 0. The molecule has 1 fully saturated rings. The van der Waals surface area contributed by atoms with E-state index in [0.29, 0.717) is 31.2 Å². The fraction of sp³-hybridized carbons (Fsp3) is 0.962. The topological polar surface area (TPSA) is 77.8 Å². The third-order valence-electron chi connectivity index (χ3n) is 5.92. The molecule has 6 nitrogen and oxygen atoms in total. The molecule has 0 amide bonds. The second-order valence-electron chi connectivity index (χ2n) is 9.13. The van der Waals surface area contributed by atoms with Crippen LogP contribution < -0.4 is 0 Å². The molecule has 0 N–H and O–H groups in total. The molecule has 1 rings (SSSR count). The van der Waals surface area contributed by atoms with E-state index >= 15 is 0 Å². The maximum atomic E-state index is 11.9. The van der Waals surface area contributed by atoms with Crippen molar-refractivity contribution in [1.29, 1.82) is 5.26 Å².